The Kier molecular flexibility index (Phi) is 4.78. The van der Waals surface area contributed by atoms with Crippen LogP contribution in [-0.4, -0.2) is 12.9 Å². The fourth-order valence-electron chi connectivity index (χ4n) is 1.87. The van der Waals surface area contributed by atoms with Crippen LogP contribution >= 0.6 is 27.5 Å². The number of hydrogen-bond acceptors (Lipinski definition) is 2. The van der Waals surface area contributed by atoms with E-state index < -0.39 is 5.82 Å². The van der Waals surface area contributed by atoms with Gasteiger partial charge in [-0.1, -0.05) is 27.5 Å². The molecule has 0 aromatic heterocycles. The highest BCUT2D eigenvalue weighted by molar-refractivity contribution is 9.10. The lowest BCUT2D eigenvalue weighted by atomic mass is 10.0. The molecule has 0 fully saturated rings. The molecule has 0 aliphatic rings. The van der Waals surface area contributed by atoms with Crippen LogP contribution in [0.4, 0.5) is 4.39 Å². The van der Waals surface area contributed by atoms with E-state index in [0.717, 1.165) is 10.5 Å². The quantitative estimate of drug-likeness (QED) is 0.743. The van der Waals surface area contributed by atoms with E-state index in [9.17, 15) is 9.18 Å². The maximum absolute atomic E-state index is 13.7. The first-order chi connectivity index (χ1) is 9.51. The Morgan fingerprint density at radius 2 is 2.05 bits per heavy atom. The van der Waals surface area contributed by atoms with Gasteiger partial charge in [-0.25, -0.2) is 4.39 Å². The molecule has 0 spiro atoms. The smallest absolute Gasteiger partial charge is 0.170 e. The largest absolute Gasteiger partial charge is 0.496 e. The average molecular weight is 358 g/mol. The van der Waals surface area contributed by atoms with Crippen molar-refractivity contribution in [1.82, 2.24) is 0 Å². The van der Waals surface area contributed by atoms with Gasteiger partial charge in [-0.2, -0.15) is 0 Å². The van der Waals surface area contributed by atoms with Crippen molar-refractivity contribution < 1.29 is 13.9 Å². The van der Waals surface area contributed by atoms with Gasteiger partial charge in [-0.3, -0.25) is 4.79 Å². The van der Waals surface area contributed by atoms with Gasteiger partial charge in [-0.15, -0.1) is 0 Å². The fraction of sp³-hybridized carbons (Fsp3) is 0.133. The maximum Gasteiger partial charge on any atom is 0.170 e. The van der Waals surface area contributed by atoms with Crippen LogP contribution in [0.1, 0.15) is 15.9 Å². The Morgan fingerprint density at radius 1 is 1.30 bits per heavy atom. The molecule has 0 radical (unpaired) electrons. The van der Waals surface area contributed by atoms with Gasteiger partial charge in [-0.05, 0) is 36.4 Å². The van der Waals surface area contributed by atoms with E-state index in [4.69, 9.17) is 16.3 Å². The summed E-state index contributed by atoms with van der Waals surface area (Å²) in [5, 5.41) is 0.263. The minimum Gasteiger partial charge on any atom is -0.496 e. The van der Waals surface area contributed by atoms with E-state index in [1.807, 2.05) is 6.07 Å². The normalized spacial score (nSPS) is 10.4. The van der Waals surface area contributed by atoms with Crippen molar-refractivity contribution in [3.8, 4) is 5.75 Å². The van der Waals surface area contributed by atoms with Crippen molar-refractivity contribution in [3.63, 3.8) is 0 Å². The van der Waals surface area contributed by atoms with Gasteiger partial charge in [0.15, 0.2) is 5.78 Å². The lowest BCUT2D eigenvalue weighted by Crippen LogP contribution is -2.07. The van der Waals surface area contributed by atoms with E-state index in [2.05, 4.69) is 15.9 Å². The van der Waals surface area contributed by atoms with Crippen molar-refractivity contribution in [2.24, 2.45) is 0 Å². The molecule has 5 heteroatoms. The van der Waals surface area contributed by atoms with Crippen LogP contribution in [-0.2, 0) is 6.42 Å². The molecule has 0 heterocycles. The van der Waals surface area contributed by atoms with Gasteiger partial charge < -0.3 is 4.74 Å². The number of ether oxygens (including phenoxy) is 1. The number of methoxy groups -OCH3 is 1. The van der Waals surface area contributed by atoms with Gasteiger partial charge in [0.1, 0.15) is 11.6 Å². The van der Waals surface area contributed by atoms with E-state index in [1.165, 1.54) is 19.2 Å². The molecule has 20 heavy (non-hydrogen) atoms. The van der Waals surface area contributed by atoms with E-state index in [-0.39, 0.29) is 22.8 Å². The monoisotopic (exact) mass is 356 g/mol. The molecule has 0 N–H and O–H groups in total. The van der Waals surface area contributed by atoms with E-state index in [1.54, 1.807) is 12.1 Å². The Hall–Kier alpha value is -1.39. The lowest BCUT2D eigenvalue weighted by molar-refractivity contribution is 0.0988. The minimum atomic E-state index is -0.614. The van der Waals surface area contributed by atoms with Gasteiger partial charge in [0, 0.05) is 21.5 Å². The minimum absolute atomic E-state index is 0.0245. The second kappa shape index (κ2) is 6.37. The van der Waals surface area contributed by atoms with Crippen molar-refractivity contribution in [3.05, 3.63) is 62.8 Å². The predicted molar refractivity (Wildman–Crippen MR) is 80.1 cm³/mol. The Morgan fingerprint density at radius 3 is 2.70 bits per heavy atom. The van der Waals surface area contributed by atoms with Crippen molar-refractivity contribution in [2.45, 2.75) is 6.42 Å². The number of hydrogen-bond donors (Lipinski definition) is 0. The maximum atomic E-state index is 13.7. The first-order valence-electron chi connectivity index (χ1n) is 5.82. The first-order valence-corrected chi connectivity index (χ1v) is 6.99. The van der Waals surface area contributed by atoms with Crippen LogP contribution in [0.2, 0.25) is 5.02 Å². The standard InChI is InChI=1S/C15H11BrClFO2/c1-20-15-5-2-10(16)6-9(15)7-14(19)12-4-3-11(17)8-13(12)18/h2-6,8H,7H2,1H3. The molecule has 0 atom stereocenters. The molecule has 104 valence electrons. The summed E-state index contributed by atoms with van der Waals surface area (Å²) < 4.78 is 19.7. The predicted octanol–water partition coefficient (Wildman–Crippen LogP) is 4.68. The Balaban J connectivity index is 2.30. The second-order valence-electron chi connectivity index (χ2n) is 4.18. The van der Waals surface area contributed by atoms with Gasteiger partial charge >= 0.3 is 0 Å². The highest BCUT2D eigenvalue weighted by Crippen LogP contribution is 2.25. The van der Waals surface area contributed by atoms with Crippen LogP contribution < -0.4 is 4.74 Å². The molecule has 0 aliphatic carbocycles. The summed E-state index contributed by atoms with van der Waals surface area (Å²) in [7, 11) is 1.53. The van der Waals surface area contributed by atoms with Gasteiger partial charge in [0.05, 0.1) is 12.7 Å². The number of halogens is 3. The zero-order valence-electron chi connectivity index (χ0n) is 10.6. The molecule has 0 aliphatic heterocycles. The summed E-state index contributed by atoms with van der Waals surface area (Å²) in [4.78, 5) is 12.2. The molecule has 0 bridgehead atoms. The van der Waals surface area contributed by atoms with Gasteiger partial charge in [0.25, 0.3) is 0 Å². The van der Waals surface area contributed by atoms with Gasteiger partial charge in [0.2, 0.25) is 0 Å². The molecule has 0 saturated heterocycles. The summed E-state index contributed by atoms with van der Waals surface area (Å²) in [6, 6.07) is 9.37. The highest BCUT2D eigenvalue weighted by atomic mass is 79.9. The highest BCUT2D eigenvalue weighted by Gasteiger charge is 2.15. The van der Waals surface area contributed by atoms with Crippen LogP contribution in [0, 0.1) is 5.82 Å². The summed E-state index contributed by atoms with van der Waals surface area (Å²) >= 11 is 9.01. The third-order valence-electron chi connectivity index (χ3n) is 2.82. The summed E-state index contributed by atoms with van der Waals surface area (Å²) in [5.74, 6) is -0.344. The number of benzene rings is 2. The molecule has 0 unspecified atom stereocenters. The van der Waals surface area contributed by atoms with Crippen LogP contribution in [0.3, 0.4) is 0 Å². The third-order valence-corrected chi connectivity index (χ3v) is 3.55. The molecule has 2 aromatic rings. The first kappa shape index (κ1) is 15.0. The fourth-order valence-corrected chi connectivity index (χ4v) is 2.44. The van der Waals surface area contributed by atoms with Crippen LogP contribution in [0.15, 0.2) is 40.9 Å². The van der Waals surface area contributed by atoms with Crippen molar-refractivity contribution in [2.75, 3.05) is 7.11 Å². The second-order valence-corrected chi connectivity index (χ2v) is 5.53. The molecule has 2 nitrogen and oxygen atoms in total. The third kappa shape index (κ3) is 3.38. The van der Waals surface area contributed by atoms with Crippen LogP contribution in [0.25, 0.3) is 0 Å². The number of carbonyl (C=O) groups excluding carboxylic acids is 1. The zero-order valence-corrected chi connectivity index (χ0v) is 13.0. The summed E-state index contributed by atoms with van der Waals surface area (Å²) in [6.07, 6.45) is 0.0567. The SMILES string of the molecule is COc1ccc(Br)cc1CC(=O)c1ccc(Cl)cc1F. The van der Waals surface area contributed by atoms with Crippen molar-refractivity contribution in [1.29, 1.82) is 0 Å². The number of ketones is 1. The molecular formula is C15H11BrClFO2. The number of carbonyl (C=O) groups is 1. The molecule has 0 saturated carbocycles. The van der Waals surface area contributed by atoms with Crippen LogP contribution in [0.5, 0.6) is 5.75 Å². The molecular weight excluding hydrogens is 347 g/mol. The summed E-state index contributed by atoms with van der Waals surface area (Å²) in [6.45, 7) is 0. The molecule has 2 rings (SSSR count). The zero-order chi connectivity index (χ0) is 14.7. The van der Waals surface area contributed by atoms with E-state index >= 15 is 0 Å². The lowest BCUT2D eigenvalue weighted by Gasteiger charge is -2.09. The molecule has 0 amide bonds. The number of Topliss-reactive ketones (excluding diaryl/α,β-unsaturated/α-hetero) is 1. The van der Waals surface area contributed by atoms with E-state index in [0.29, 0.717) is 11.3 Å². The van der Waals surface area contributed by atoms with Crippen molar-refractivity contribution >= 4 is 33.3 Å². The molecule has 2 aromatic carbocycles. The summed E-state index contributed by atoms with van der Waals surface area (Å²) in [5.41, 5.74) is 0.720. The number of rotatable bonds is 4. The topological polar surface area (TPSA) is 26.3 Å². The Bertz CT molecular complexity index is 658. The Labute approximate surface area is 129 Å². The average Bonchev–Trinajstić information content (AvgIpc) is 2.38.